The van der Waals surface area contributed by atoms with Crippen molar-refractivity contribution in [1.82, 2.24) is 4.90 Å². The lowest BCUT2D eigenvalue weighted by atomic mass is 9.98. The molecule has 1 aromatic rings. The molecule has 0 bridgehead atoms. The van der Waals surface area contributed by atoms with Crippen molar-refractivity contribution in [2.24, 2.45) is 11.7 Å². The highest BCUT2D eigenvalue weighted by Gasteiger charge is 2.07. The van der Waals surface area contributed by atoms with Crippen LogP contribution in [0.4, 0.5) is 0 Å². The Labute approximate surface area is 112 Å². The summed E-state index contributed by atoms with van der Waals surface area (Å²) in [6.45, 7) is 11.8. The molecule has 0 aliphatic heterocycles. The Morgan fingerprint density at radius 2 is 1.83 bits per heavy atom. The summed E-state index contributed by atoms with van der Waals surface area (Å²) in [5.74, 6) is 0.619. The molecule has 0 radical (unpaired) electrons. The Morgan fingerprint density at radius 3 is 2.44 bits per heavy atom. The number of rotatable bonds is 6. The predicted octanol–water partition coefficient (Wildman–Crippen LogP) is 3.03. The van der Waals surface area contributed by atoms with Crippen molar-refractivity contribution in [3.63, 3.8) is 0 Å². The number of benzene rings is 1. The summed E-state index contributed by atoms with van der Waals surface area (Å²) in [5.41, 5.74) is 11.3. The number of aryl methyl sites for hydroxylation is 1. The molecule has 0 amide bonds. The summed E-state index contributed by atoms with van der Waals surface area (Å²) in [6.07, 6.45) is 1.18. The Balaban J connectivity index is 2.59. The Morgan fingerprint density at radius 1 is 1.17 bits per heavy atom. The first-order valence-corrected chi connectivity index (χ1v) is 6.90. The zero-order chi connectivity index (χ0) is 13.7. The second-order valence-corrected chi connectivity index (χ2v) is 5.66. The van der Waals surface area contributed by atoms with E-state index in [0.717, 1.165) is 19.6 Å². The SMILES string of the molecule is Cc1ccc(CN(C)CCC(C)CN)c(C)c1C. The topological polar surface area (TPSA) is 29.3 Å². The second-order valence-electron chi connectivity index (χ2n) is 5.66. The fourth-order valence-corrected chi connectivity index (χ4v) is 2.11. The highest BCUT2D eigenvalue weighted by Crippen LogP contribution is 2.18. The first-order valence-electron chi connectivity index (χ1n) is 6.90. The lowest BCUT2D eigenvalue weighted by Gasteiger charge is -2.21. The lowest BCUT2D eigenvalue weighted by Crippen LogP contribution is -2.23. The van der Waals surface area contributed by atoms with E-state index in [-0.39, 0.29) is 0 Å². The molecule has 1 aromatic carbocycles. The van der Waals surface area contributed by atoms with E-state index in [9.17, 15) is 0 Å². The standard InChI is InChI=1S/C16H28N2/c1-12(10-17)8-9-18(5)11-16-7-6-13(2)14(3)15(16)4/h6-7,12H,8-11,17H2,1-5H3. The number of hydrogen-bond acceptors (Lipinski definition) is 2. The third-order valence-electron chi connectivity index (χ3n) is 4.02. The van der Waals surface area contributed by atoms with Gasteiger partial charge in [0.25, 0.3) is 0 Å². The number of nitrogens with zero attached hydrogens (tertiary/aromatic N) is 1. The molecule has 0 aromatic heterocycles. The van der Waals surface area contributed by atoms with E-state index >= 15 is 0 Å². The summed E-state index contributed by atoms with van der Waals surface area (Å²) >= 11 is 0. The minimum absolute atomic E-state index is 0.619. The molecule has 18 heavy (non-hydrogen) atoms. The molecule has 1 rings (SSSR count). The van der Waals surface area contributed by atoms with Crippen LogP contribution in [0, 0.1) is 26.7 Å². The summed E-state index contributed by atoms with van der Waals surface area (Å²) in [5, 5.41) is 0. The molecular weight excluding hydrogens is 220 g/mol. The fraction of sp³-hybridized carbons (Fsp3) is 0.625. The minimum Gasteiger partial charge on any atom is -0.330 e. The molecule has 0 spiro atoms. The van der Waals surface area contributed by atoms with Crippen LogP contribution in [0.2, 0.25) is 0 Å². The molecule has 0 saturated heterocycles. The van der Waals surface area contributed by atoms with Gasteiger partial charge in [0.05, 0.1) is 0 Å². The van der Waals surface area contributed by atoms with Crippen LogP contribution >= 0.6 is 0 Å². The maximum Gasteiger partial charge on any atom is 0.0233 e. The first kappa shape index (κ1) is 15.2. The molecular formula is C16H28N2. The van der Waals surface area contributed by atoms with Crippen molar-refractivity contribution in [1.29, 1.82) is 0 Å². The van der Waals surface area contributed by atoms with Crippen LogP contribution in [0.3, 0.4) is 0 Å². The van der Waals surface area contributed by atoms with Crippen LogP contribution in [0.5, 0.6) is 0 Å². The molecule has 0 aliphatic carbocycles. The second kappa shape index (κ2) is 6.91. The van der Waals surface area contributed by atoms with Gasteiger partial charge in [-0.2, -0.15) is 0 Å². The molecule has 0 aliphatic rings. The van der Waals surface area contributed by atoms with Gasteiger partial charge >= 0.3 is 0 Å². The Bertz CT molecular complexity index is 385. The maximum atomic E-state index is 5.65. The van der Waals surface area contributed by atoms with Gasteiger partial charge < -0.3 is 10.6 Å². The van der Waals surface area contributed by atoms with Gasteiger partial charge in [0, 0.05) is 6.54 Å². The van der Waals surface area contributed by atoms with Gasteiger partial charge in [-0.15, -0.1) is 0 Å². The molecule has 102 valence electrons. The van der Waals surface area contributed by atoms with E-state index in [2.05, 4.69) is 51.8 Å². The van der Waals surface area contributed by atoms with Gasteiger partial charge in [0.15, 0.2) is 0 Å². The van der Waals surface area contributed by atoms with Crippen LogP contribution in [0.15, 0.2) is 12.1 Å². The van der Waals surface area contributed by atoms with Crippen LogP contribution in [0.1, 0.15) is 35.6 Å². The average molecular weight is 248 g/mol. The number of nitrogens with two attached hydrogens (primary N) is 1. The highest BCUT2D eigenvalue weighted by atomic mass is 15.1. The van der Waals surface area contributed by atoms with Gasteiger partial charge in [-0.3, -0.25) is 0 Å². The van der Waals surface area contributed by atoms with Crippen LogP contribution in [-0.2, 0) is 6.54 Å². The number of hydrogen-bond donors (Lipinski definition) is 1. The molecule has 2 N–H and O–H groups in total. The average Bonchev–Trinajstić information content (AvgIpc) is 2.36. The molecule has 1 unspecified atom stereocenters. The van der Waals surface area contributed by atoms with E-state index < -0.39 is 0 Å². The van der Waals surface area contributed by atoms with Crippen molar-refractivity contribution >= 4 is 0 Å². The van der Waals surface area contributed by atoms with E-state index in [1.54, 1.807) is 0 Å². The third kappa shape index (κ3) is 4.11. The third-order valence-corrected chi connectivity index (χ3v) is 4.02. The predicted molar refractivity (Wildman–Crippen MR) is 79.8 cm³/mol. The van der Waals surface area contributed by atoms with Gasteiger partial charge in [0.2, 0.25) is 0 Å². The van der Waals surface area contributed by atoms with Crippen LogP contribution < -0.4 is 5.73 Å². The van der Waals surface area contributed by atoms with E-state index in [4.69, 9.17) is 5.73 Å². The summed E-state index contributed by atoms with van der Waals surface area (Å²) in [6, 6.07) is 4.49. The van der Waals surface area contributed by atoms with Crippen LogP contribution in [-0.4, -0.2) is 25.0 Å². The molecule has 0 saturated carbocycles. The first-order chi connectivity index (χ1) is 8.45. The molecule has 0 heterocycles. The molecule has 2 nitrogen and oxygen atoms in total. The summed E-state index contributed by atoms with van der Waals surface area (Å²) in [7, 11) is 2.19. The van der Waals surface area contributed by atoms with Crippen molar-refractivity contribution in [2.45, 2.75) is 40.7 Å². The minimum atomic E-state index is 0.619. The smallest absolute Gasteiger partial charge is 0.0233 e. The van der Waals surface area contributed by atoms with Crippen molar-refractivity contribution in [3.8, 4) is 0 Å². The quantitative estimate of drug-likeness (QED) is 0.838. The largest absolute Gasteiger partial charge is 0.330 e. The van der Waals surface area contributed by atoms with E-state index in [0.29, 0.717) is 5.92 Å². The normalized spacial score (nSPS) is 13.1. The molecule has 1 atom stereocenters. The summed E-state index contributed by atoms with van der Waals surface area (Å²) < 4.78 is 0. The fourth-order valence-electron chi connectivity index (χ4n) is 2.11. The zero-order valence-corrected chi connectivity index (χ0v) is 12.6. The van der Waals surface area contributed by atoms with Crippen molar-refractivity contribution in [3.05, 3.63) is 34.4 Å². The Kier molecular flexibility index (Phi) is 5.83. The van der Waals surface area contributed by atoms with E-state index in [1.807, 2.05) is 0 Å². The highest BCUT2D eigenvalue weighted by molar-refractivity contribution is 5.38. The van der Waals surface area contributed by atoms with Gasteiger partial charge in [-0.05, 0) is 75.5 Å². The van der Waals surface area contributed by atoms with Crippen LogP contribution in [0.25, 0.3) is 0 Å². The van der Waals surface area contributed by atoms with Crippen molar-refractivity contribution in [2.75, 3.05) is 20.1 Å². The maximum absolute atomic E-state index is 5.65. The van der Waals surface area contributed by atoms with Gasteiger partial charge in [0.1, 0.15) is 0 Å². The lowest BCUT2D eigenvalue weighted by molar-refractivity contribution is 0.299. The van der Waals surface area contributed by atoms with Crippen molar-refractivity contribution < 1.29 is 0 Å². The molecule has 0 fully saturated rings. The van der Waals surface area contributed by atoms with Gasteiger partial charge in [-0.1, -0.05) is 19.1 Å². The monoisotopic (exact) mass is 248 g/mol. The Hall–Kier alpha value is -0.860. The van der Waals surface area contributed by atoms with E-state index in [1.165, 1.54) is 28.7 Å². The van der Waals surface area contributed by atoms with Gasteiger partial charge in [-0.25, -0.2) is 0 Å². The summed E-state index contributed by atoms with van der Waals surface area (Å²) in [4.78, 5) is 2.39. The zero-order valence-electron chi connectivity index (χ0n) is 12.6. The molecule has 2 heteroatoms.